The van der Waals surface area contributed by atoms with Crippen LogP contribution in [0.15, 0.2) is 28.7 Å². The van der Waals surface area contributed by atoms with Gasteiger partial charge in [-0.1, -0.05) is 28.1 Å². The minimum Gasteiger partial charge on any atom is -0.391 e. The molecule has 0 radical (unpaired) electrons. The van der Waals surface area contributed by atoms with Crippen LogP contribution in [0.5, 0.6) is 0 Å². The van der Waals surface area contributed by atoms with Crippen LogP contribution in [0, 0.1) is 0 Å². The molecule has 1 aliphatic rings. The largest absolute Gasteiger partial charge is 0.391 e. The third-order valence-corrected chi connectivity index (χ3v) is 4.24. The lowest BCUT2D eigenvalue weighted by Crippen LogP contribution is -2.48. The number of carbonyl (C=O) groups excluding carboxylic acids is 1. The lowest BCUT2D eigenvalue weighted by molar-refractivity contribution is -0.135. The third kappa shape index (κ3) is 2.59. The normalized spacial score (nSPS) is 22.2. The average Bonchev–Trinajstić information content (AvgIpc) is 2.57. The van der Waals surface area contributed by atoms with Crippen LogP contribution in [0.4, 0.5) is 0 Å². The second-order valence-corrected chi connectivity index (χ2v) is 6.22. The number of aliphatic hydroxyl groups is 1. The number of aliphatic hydroxyl groups excluding tert-OH is 1. The summed E-state index contributed by atoms with van der Waals surface area (Å²) in [6, 6.07) is 7.77. The van der Waals surface area contributed by atoms with Gasteiger partial charge in [0.15, 0.2) is 0 Å². The Labute approximate surface area is 116 Å². The highest BCUT2D eigenvalue weighted by Gasteiger charge is 2.42. The molecule has 2 rings (SSSR count). The van der Waals surface area contributed by atoms with Crippen molar-refractivity contribution >= 4 is 21.8 Å². The Balaban J connectivity index is 2.07. The number of hydrogen-bond donors (Lipinski definition) is 1. The first-order valence-electron chi connectivity index (χ1n) is 6.14. The summed E-state index contributed by atoms with van der Waals surface area (Å²) in [6.07, 6.45) is 0.633. The topological polar surface area (TPSA) is 40.5 Å². The summed E-state index contributed by atoms with van der Waals surface area (Å²) in [5.74, 6) is 0.0823. The van der Waals surface area contributed by atoms with Gasteiger partial charge in [0, 0.05) is 11.0 Å². The number of hydrogen-bond acceptors (Lipinski definition) is 2. The van der Waals surface area contributed by atoms with Crippen molar-refractivity contribution < 1.29 is 9.90 Å². The maximum Gasteiger partial charge on any atom is 0.227 e. The zero-order valence-electron chi connectivity index (χ0n) is 10.7. The zero-order chi connectivity index (χ0) is 13.3. The van der Waals surface area contributed by atoms with Gasteiger partial charge in [-0.05, 0) is 38.0 Å². The van der Waals surface area contributed by atoms with Crippen molar-refractivity contribution in [2.75, 3.05) is 6.54 Å². The number of nitrogens with zero attached hydrogens (tertiary/aromatic N) is 1. The van der Waals surface area contributed by atoms with Gasteiger partial charge in [0.25, 0.3) is 0 Å². The lowest BCUT2D eigenvalue weighted by Gasteiger charge is -2.33. The maximum absolute atomic E-state index is 12.3. The van der Waals surface area contributed by atoms with Crippen molar-refractivity contribution in [1.29, 1.82) is 0 Å². The number of halogens is 1. The quantitative estimate of drug-likeness (QED) is 0.911. The van der Waals surface area contributed by atoms with Gasteiger partial charge >= 0.3 is 0 Å². The molecule has 3 nitrogen and oxygen atoms in total. The minimum absolute atomic E-state index is 0.0823. The van der Waals surface area contributed by atoms with Crippen LogP contribution < -0.4 is 0 Å². The standard InChI is InChI=1S/C14H18BrNO2/c1-14(2)12(17)7-8-16(14)13(18)9-10-3-5-11(15)6-4-10/h3-6,12,17H,7-9H2,1-2H3. The zero-order valence-corrected chi connectivity index (χ0v) is 12.3. The second kappa shape index (κ2) is 5.02. The van der Waals surface area contributed by atoms with Gasteiger partial charge in [0.2, 0.25) is 5.91 Å². The molecule has 1 atom stereocenters. The van der Waals surface area contributed by atoms with E-state index in [-0.39, 0.29) is 5.91 Å². The molecule has 0 aromatic heterocycles. The summed E-state index contributed by atoms with van der Waals surface area (Å²) >= 11 is 3.38. The Morgan fingerprint density at radius 2 is 2.06 bits per heavy atom. The second-order valence-electron chi connectivity index (χ2n) is 5.31. The van der Waals surface area contributed by atoms with E-state index in [0.29, 0.717) is 19.4 Å². The number of carbonyl (C=O) groups is 1. The Kier molecular flexibility index (Phi) is 3.78. The first-order valence-corrected chi connectivity index (χ1v) is 6.93. The fourth-order valence-corrected chi connectivity index (χ4v) is 2.66. The van der Waals surface area contributed by atoms with E-state index >= 15 is 0 Å². The minimum atomic E-state index is -0.452. The van der Waals surface area contributed by atoms with Gasteiger partial charge in [-0.3, -0.25) is 4.79 Å². The molecular formula is C14H18BrNO2. The highest BCUT2D eigenvalue weighted by molar-refractivity contribution is 9.10. The molecule has 0 saturated carbocycles. The van der Waals surface area contributed by atoms with Crippen molar-refractivity contribution in [1.82, 2.24) is 4.90 Å². The van der Waals surface area contributed by atoms with Crippen LogP contribution in [0.3, 0.4) is 0 Å². The highest BCUT2D eigenvalue weighted by atomic mass is 79.9. The number of benzene rings is 1. The summed E-state index contributed by atoms with van der Waals surface area (Å²) in [7, 11) is 0. The summed E-state index contributed by atoms with van der Waals surface area (Å²) in [5, 5.41) is 9.88. The Bertz CT molecular complexity index is 442. The molecule has 98 valence electrons. The molecule has 0 spiro atoms. The van der Waals surface area contributed by atoms with E-state index in [2.05, 4.69) is 15.9 Å². The fraction of sp³-hybridized carbons (Fsp3) is 0.500. The van der Waals surface area contributed by atoms with Crippen LogP contribution in [-0.4, -0.2) is 34.1 Å². The summed E-state index contributed by atoms with van der Waals surface area (Å²) in [5.41, 5.74) is 0.548. The molecule has 4 heteroatoms. The van der Waals surface area contributed by atoms with E-state index in [9.17, 15) is 9.90 Å². The summed E-state index contributed by atoms with van der Waals surface area (Å²) in [6.45, 7) is 4.48. The predicted octanol–water partition coefficient (Wildman–Crippen LogP) is 2.36. The first kappa shape index (κ1) is 13.6. The molecular weight excluding hydrogens is 294 g/mol. The fourth-order valence-electron chi connectivity index (χ4n) is 2.39. The van der Waals surface area contributed by atoms with Crippen molar-refractivity contribution in [3.05, 3.63) is 34.3 Å². The molecule has 18 heavy (non-hydrogen) atoms. The third-order valence-electron chi connectivity index (χ3n) is 3.71. The van der Waals surface area contributed by atoms with Gasteiger partial charge in [0.05, 0.1) is 18.1 Å². The average molecular weight is 312 g/mol. The Morgan fingerprint density at radius 1 is 1.44 bits per heavy atom. The smallest absolute Gasteiger partial charge is 0.227 e. The molecule has 1 aliphatic heterocycles. The van der Waals surface area contributed by atoms with Gasteiger partial charge in [-0.15, -0.1) is 0 Å². The van der Waals surface area contributed by atoms with E-state index in [1.807, 2.05) is 38.1 Å². The molecule has 1 aromatic rings. The molecule has 1 fully saturated rings. The number of amides is 1. The van der Waals surface area contributed by atoms with E-state index in [1.54, 1.807) is 4.90 Å². The molecule has 0 bridgehead atoms. The predicted molar refractivity (Wildman–Crippen MR) is 74.3 cm³/mol. The molecule has 1 N–H and O–H groups in total. The van der Waals surface area contributed by atoms with Gasteiger partial charge in [-0.2, -0.15) is 0 Å². The van der Waals surface area contributed by atoms with Crippen molar-refractivity contribution in [3.8, 4) is 0 Å². The first-order chi connectivity index (χ1) is 8.41. The number of likely N-dealkylation sites (tertiary alicyclic amines) is 1. The summed E-state index contributed by atoms with van der Waals surface area (Å²) in [4.78, 5) is 14.1. The molecule has 1 heterocycles. The summed E-state index contributed by atoms with van der Waals surface area (Å²) < 4.78 is 1.01. The van der Waals surface area contributed by atoms with Crippen LogP contribution >= 0.6 is 15.9 Å². The van der Waals surface area contributed by atoms with Gasteiger partial charge in [-0.25, -0.2) is 0 Å². The monoisotopic (exact) mass is 311 g/mol. The van der Waals surface area contributed by atoms with E-state index in [1.165, 1.54) is 0 Å². The van der Waals surface area contributed by atoms with Gasteiger partial charge in [0.1, 0.15) is 0 Å². The number of rotatable bonds is 2. The molecule has 1 aromatic carbocycles. The molecule has 0 aliphatic carbocycles. The van der Waals surface area contributed by atoms with Crippen LogP contribution in [0.1, 0.15) is 25.8 Å². The Hall–Kier alpha value is -0.870. The van der Waals surface area contributed by atoms with Crippen LogP contribution in [-0.2, 0) is 11.2 Å². The van der Waals surface area contributed by atoms with Crippen molar-refractivity contribution in [2.24, 2.45) is 0 Å². The van der Waals surface area contributed by atoms with Crippen molar-refractivity contribution in [2.45, 2.75) is 38.3 Å². The SMILES string of the molecule is CC1(C)C(O)CCN1C(=O)Cc1ccc(Br)cc1. The van der Waals surface area contributed by atoms with E-state index < -0.39 is 11.6 Å². The molecule has 1 saturated heterocycles. The van der Waals surface area contributed by atoms with Gasteiger partial charge < -0.3 is 10.0 Å². The highest BCUT2D eigenvalue weighted by Crippen LogP contribution is 2.29. The molecule has 1 amide bonds. The van der Waals surface area contributed by atoms with E-state index in [0.717, 1.165) is 10.0 Å². The van der Waals surface area contributed by atoms with Crippen LogP contribution in [0.25, 0.3) is 0 Å². The molecule has 1 unspecified atom stereocenters. The maximum atomic E-state index is 12.3. The Morgan fingerprint density at radius 3 is 2.56 bits per heavy atom. The van der Waals surface area contributed by atoms with Crippen LogP contribution in [0.2, 0.25) is 0 Å². The lowest BCUT2D eigenvalue weighted by atomic mass is 9.98. The van der Waals surface area contributed by atoms with E-state index in [4.69, 9.17) is 0 Å². The van der Waals surface area contributed by atoms with Crippen molar-refractivity contribution in [3.63, 3.8) is 0 Å².